The van der Waals surface area contributed by atoms with Crippen molar-refractivity contribution >= 4 is 33.4 Å². The minimum atomic E-state index is -3.77. The van der Waals surface area contributed by atoms with Gasteiger partial charge in [-0.2, -0.15) is 0 Å². The first-order valence-electron chi connectivity index (χ1n) is 8.86. The van der Waals surface area contributed by atoms with E-state index >= 15 is 0 Å². The van der Waals surface area contributed by atoms with Crippen LogP contribution in [0.1, 0.15) is 10.4 Å². The smallest absolute Gasteiger partial charge is 0.414 e. The summed E-state index contributed by atoms with van der Waals surface area (Å²) >= 11 is 0. The van der Waals surface area contributed by atoms with Crippen molar-refractivity contribution in [3.8, 4) is 0 Å². The fourth-order valence-corrected chi connectivity index (χ4v) is 3.85. The Morgan fingerprint density at radius 1 is 1.21 bits per heavy atom. The normalized spacial score (nSPS) is 14.0. The van der Waals surface area contributed by atoms with Gasteiger partial charge in [0.25, 0.3) is 5.91 Å². The van der Waals surface area contributed by atoms with Crippen LogP contribution in [0.4, 0.5) is 16.2 Å². The van der Waals surface area contributed by atoms with Crippen molar-refractivity contribution in [2.45, 2.75) is 4.90 Å². The summed E-state index contributed by atoms with van der Waals surface area (Å²) in [6, 6.07) is 12.5. The van der Waals surface area contributed by atoms with E-state index in [0.717, 1.165) is 0 Å². The molecular weight excluding hydrogens is 398 g/mol. The van der Waals surface area contributed by atoms with Crippen LogP contribution in [0.2, 0.25) is 0 Å². The van der Waals surface area contributed by atoms with Gasteiger partial charge in [0.15, 0.2) is 0 Å². The van der Waals surface area contributed by atoms with Crippen LogP contribution in [0.15, 0.2) is 53.4 Å². The van der Waals surface area contributed by atoms with Crippen molar-refractivity contribution in [3.63, 3.8) is 0 Å². The number of amides is 2. The summed E-state index contributed by atoms with van der Waals surface area (Å²) in [5, 5.41) is 2.73. The summed E-state index contributed by atoms with van der Waals surface area (Å²) in [5.41, 5.74) is 1.09. The highest BCUT2D eigenvalue weighted by atomic mass is 32.2. The number of carbonyl (C=O) groups is 2. The van der Waals surface area contributed by atoms with E-state index in [2.05, 4.69) is 10.0 Å². The number of nitrogens with one attached hydrogen (secondary N) is 2. The molecule has 0 radical (unpaired) electrons. The van der Waals surface area contributed by atoms with Crippen molar-refractivity contribution in [1.29, 1.82) is 0 Å². The SMILES string of the molecule is COCCNS(=O)(=O)c1cccc(C(=O)Nc2ccccc2N2CCOC2=O)c1. The molecule has 1 aliphatic heterocycles. The summed E-state index contributed by atoms with van der Waals surface area (Å²) in [7, 11) is -2.30. The van der Waals surface area contributed by atoms with Crippen LogP contribution in [-0.4, -0.2) is 53.8 Å². The first-order valence-corrected chi connectivity index (χ1v) is 10.3. The Kier molecular flexibility index (Phi) is 6.47. The maximum atomic E-state index is 12.7. The van der Waals surface area contributed by atoms with Gasteiger partial charge in [-0.3, -0.25) is 9.69 Å². The molecule has 0 spiro atoms. The molecule has 1 heterocycles. The van der Waals surface area contributed by atoms with Gasteiger partial charge in [-0.15, -0.1) is 0 Å². The highest BCUT2D eigenvalue weighted by molar-refractivity contribution is 7.89. The lowest BCUT2D eigenvalue weighted by Crippen LogP contribution is -2.27. The zero-order chi connectivity index (χ0) is 20.9. The van der Waals surface area contributed by atoms with Gasteiger partial charge in [0.05, 0.1) is 29.4 Å². The van der Waals surface area contributed by atoms with Crippen molar-refractivity contribution < 1.29 is 27.5 Å². The standard InChI is InChI=1S/C19H21N3O6S/c1-27-11-9-20-29(25,26)15-6-4-5-14(13-15)18(23)21-16-7-2-3-8-17(16)22-10-12-28-19(22)24/h2-8,13,20H,9-12H2,1H3,(H,21,23). The molecule has 0 bridgehead atoms. The van der Waals surface area contributed by atoms with Crippen LogP contribution in [0, 0.1) is 0 Å². The minimum absolute atomic E-state index is 0.0299. The van der Waals surface area contributed by atoms with Gasteiger partial charge in [0, 0.05) is 19.2 Å². The van der Waals surface area contributed by atoms with Crippen molar-refractivity contribution in [2.24, 2.45) is 0 Å². The Balaban J connectivity index is 1.80. The number of benzene rings is 2. The van der Waals surface area contributed by atoms with Crippen LogP contribution < -0.4 is 14.9 Å². The maximum absolute atomic E-state index is 12.7. The molecule has 10 heteroatoms. The number of hydrogen-bond donors (Lipinski definition) is 2. The fraction of sp³-hybridized carbons (Fsp3) is 0.263. The van der Waals surface area contributed by atoms with E-state index in [1.807, 2.05) is 0 Å². The molecule has 1 saturated heterocycles. The summed E-state index contributed by atoms with van der Waals surface area (Å²) in [4.78, 5) is 26.0. The third kappa shape index (κ3) is 4.91. The number of para-hydroxylation sites is 2. The zero-order valence-corrected chi connectivity index (χ0v) is 16.6. The number of ether oxygens (including phenoxy) is 2. The van der Waals surface area contributed by atoms with E-state index in [1.54, 1.807) is 24.3 Å². The van der Waals surface area contributed by atoms with E-state index in [0.29, 0.717) is 17.9 Å². The largest absolute Gasteiger partial charge is 0.447 e. The van der Waals surface area contributed by atoms with Gasteiger partial charge in [0.1, 0.15) is 6.61 Å². The third-order valence-corrected chi connectivity index (χ3v) is 5.67. The number of methoxy groups -OCH3 is 1. The van der Waals surface area contributed by atoms with Crippen LogP contribution in [-0.2, 0) is 19.5 Å². The monoisotopic (exact) mass is 419 g/mol. The molecule has 1 fully saturated rings. The second-order valence-corrected chi connectivity index (χ2v) is 7.92. The van der Waals surface area contributed by atoms with Crippen molar-refractivity contribution in [2.75, 3.05) is 43.6 Å². The Labute approximate surface area is 168 Å². The molecule has 29 heavy (non-hydrogen) atoms. The maximum Gasteiger partial charge on any atom is 0.414 e. The van der Waals surface area contributed by atoms with E-state index < -0.39 is 22.0 Å². The minimum Gasteiger partial charge on any atom is -0.447 e. The first-order chi connectivity index (χ1) is 13.9. The average molecular weight is 419 g/mol. The molecule has 3 rings (SSSR count). The number of rotatable bonds is 8. The molecule has 154 valence electrons. The van der Waals surface area contributed by atoms with Gasteiger partial charge in [-0.05, 0) is 30.3 Å². The average Bonchev–Trinajstić information content (AvgIpc) is 3.14. The summed E-state index contributed by atoms with van der Waals surface area (Å²) in [6.45, 7) is 1.01. The van der Waals surface area contributed by atoms with Crippen LogP contribution in [0.25, 0.3) is 0 Å². The predicted octanol–water partition coefficient (Wildman–Crippen LogP) is 1.82. The second-order valence-electron chi connectivity index (χ2n) is 6.16. The fourth-order valence-electron chi connectivity index (χ4n) is 2.79. The Hall–Kier alpha value is -2.95. The number of anilines is 2. The van der Waals surface area contributed by atoms with Crippen LogP contribution >= 0.6 is 0 Å². The first kappa shape index (κ1) is 20.8. The van der Waals surface area contributed by atoms with E-state index in [1.165, 1.54) is 36.3 Å². The molecule has 2 N–H and O–H groups in total. The molecule has 1 aliphatic rings. The molecule has 9 nitrogen and oxygen atoms in total. The number of carbonyl (C=O) groups excluding carboxylic acids is 2. The molecule has 0 aromatic heterocycles. The number of sulfonamides is 1. The summed E-state index contributed by atoms with van der Waals surface area (Å²) < 4.78 is 36.9. The third-order valence-electron chi connectivity index (χ3n) is 4.21. The van der Waals surface area contributed by atoms with E-state index in [9.17, 15) is 18.0 Å². The highest BCUT2D eigenvalue weighted by Crippen LogP contribution is 2.28. The Bertz CT molecular complexity index is 1010. The lowest BCUT2D eigenvalue weighted by molar-refractivity contribution is 0.102. The van der Waals surface area contributed by atoms with Crippen molar-refractivity contribution in [3.05, 3.63) is 54.1 Å². The molecule has 2 aromatic carbocycles. The molecular formula is C19H21N3O6S. The van der Waals surface area contributed by atoms with Gasteiger partial charge in [0.2, 0.25) is 10.0 Å². The predicted molar refractivity (Wildman–Crippen MR) is 107 cm³/mol. The molecule has 0 atom stereocenters. The highest BCUT2D eigenvalue weighted by Gasteiger charge is 2.26. The Morgan fingerprint density at radius 3 is 2.72 bits per heavy atom. The number of nitrogens with zero attached hydrogens (tertiary/aromatic N) is 1. The van der Waals surface area contributed by atoms with Gasteiger partial charge >= 0.3 is 6.09 Å². The molecule has 0 saturated carbocycles. The molecule has 0 unspecified atom stereocenters. The number of hydrogen-bond acceptors (Lipinski definition) is 6. The number of cyclic esters (lactones) is 1. The van der Waals surface area contributed by atoms with Crippen LogP contribution in [0.3, 0.4) is 0 Å². The van der Waals surface area contributed by atoms with Gasteiger partial charge in [-0.1, -0.05) is 18.2 Å². The van der Waals surface area contributed by atoms with Gasteiger partial charge < -0.3 is 14.8 Å². The summed E-state index contributed by atoms with van der Waals surface area (Å²) in [5.74, 6) is -0.501. The second kappa shape index (κ2) is 9.03. The van der Waals surface area contributed by atoms with Crippen LogP contribution in [0.5, 0.6) is 0 Å². The van der Waals surface area contributed by atoms with Crippen molar-refractivity contribution in [1.82, 2.24) is 4.72 Å². The van der Waals surface area contributed by atoms with Gasteiger partial charge in [-0.25, -0.2) is 17.9 Å². The van der Waals surface area contributed by atoms with E-state index in [4.69, 9.17) is 9.47 Å². The lowest BCUT2D eigenvalue weighted by Gasteiger charge is -2.17. The van der Waals surface area contributed by atoms with E-state index in [-0.39, 0.29) is 30.2 Å². The Morgan fingerprint density at radius 2 is 2.00 bits per heavy atom. The molecule has 2 aromatic rings. The lowest BCUT2D eigenvalue weighted by atomic mass is 10.2. The molecule has 2 amide bonds. The zero-order valence-electron chi connectivity index (χ0n) is 15.8. The quantitative estimate of drug-likeness (QED) is 0.631. The molecule has 0 aliphatic carbocycles. The summed E-state index contributed by atoms with van der Waals surface area (Å²) in [6.07, 6.45) is -0.484. The topological polar surface area (TPSA) is 114 Å².